The molecule has 44 heavy (non-hydrogen) atoms. The Bertz CT molecular complexity index is 1440. The van der Waals surface area contributed by atoms with Gasteiger partial charge in [0.1, 0.15) is 21.5 Å². The number of halogens is 4. The van der Waals surface area contributed by atoms with Gasteiger partial charge in [0.2, 0.25) is 22.1 Å². The summed E-state index contributed by atoms with van der Waals surface area (Å²) in [6, 6.07) is 5.49. The predicted octanol–water partition coefficient (Wildman–Crippen LogP) is 5.19. The molecule has 0 aromatic carbocycles. The van der Waals surface area contributed by atoms with E-state index in [1.165, 1.54) is 46.9 Å². The van der Waals surface area contributed by atoms with Crippen molar-refractivity contribution in [1.82, 2.24) is 30.4 Å². The molecule has 1 aliphatic rings. The molecule has 0 bridgehead atoms. The second-order valence-corrected chi connectivity index (χ2v) is 11.6. The van der Waals surface area contributed by atoms with Crippen LogP contribution in [0.25, 0.3) is 0 Å². The fourth-order valence-corrected chi connectivity index (χ4v) is 6.38. The van der Waals surface area contributed by atoms with Crippen molar-refractivity contribution >= 4 is 44.8 Å². The number of hydrogen-bond donors (Lipinski definition) is 2. The number of nitrogens with one attached hydrogen (secondary N) is 2. The van der Waals surface area contributed by atoms with E-state index in [0.717, 1.165) is 48.1 Å². The minimum absolute atomic E-state index is 0.0790. The highest BCUT2D eigenvalue weighted by Crippen LogP contribution is 2.43. The standard InChI is InChI=1S/C26H24F4N8O4S2/c27-23(28)41-17-6-4-15(31-11-17)9-19(39)33-25-37-35-21(43-25)13-2-1-3-14(8-13)22-36-38-26(44-22)34-20(40)10-16-5-7-18(12-32-16)42-24(29)30/h4-7,11-14,23-24H,1-3,8-10H2,(H,33,37,39)(H,34,38,40)/t13-,14?/m0/s1. The van der Waals surface area contributed by atoms with Crippen molar-refractivity contribution in [2.24, 2.45) is 0 Å². The summed E-state index contributed by atoms with van der Waals surface area (Å²) in [5.74, 6) is -0.734. The first kappa shape index (κ1) is 31.1. The van der Waals surface area contributed by atoms with Crippen LogP contribution in [-0.4, -0.2) is 55.4 Å². The molecule has 2 amide bonds. The fourth-order valence-electron chi connectivity index (χ4n) is 4.57. The van der Waals surface area contributed by atoms with Crippen molar-refractivity contribution < 1.29 is 36.6 Å². The van der Waals surface area contributed by atoms with E-state index in [-0.39, 0.29) is 48.0 Å². The molecule has 2 atom stereocenters. The average Bonchev–Trinajstić information content (AvgIpc) is 3.65. The summed E-state index contributed by atoms with van der Waals surface area (Å²) in [5.41, 5.74) is 0.759. The number of amides is 2. The van der Waals surface area contributed by atoms with Crippen LogP contribution in [-0.2, 0) is 22.4 Å². The van der Waals surface area contributed by atoms with E-state index in [4.69, 9.17) is 0 Å². The monoisotopic (exact) mass is 652 g/mol. The van der Waals surface area contributed by atoms with Gasteiger partial charge in [-0.25, -0.2) is 0 Å². The summed E-state index contributed by atoms with van der Waals surface area (Å²) in [6.07, 6.45) is 5.56. The first-order valence-electron chi connectivity index (χ1n) is 13.3. The Balaban J connectivity index is 1.11. The van der Waals surface area contributed by atoms with E-state index in [1.807, 2.05) is 0 Å². The highest BCUT2D eigenvalue weighted by molar-refractivity contribution is 7.15. The van der Waals surface area contributed by atoms with Crippen LogP contribution in [0.2, 0.25) is 0 Å². The molecular weight excluding hydrogens is 628 g/mol. The van der Waals surface area contributed by atoms with E-state index < -0.39 is 13.2 Å². The van der Waals surface area contributed by atoms with Gasteiger partial charge < -0.3 is 20.1 Å². The molecule has 0 aliphatic heterocycles. The highest BCUT2D eigenvalue weighted by Gasteiger charge is 2.29. The molecule has 0 spiro atoms. The smallest absolute Gasteiger partial charge is 0.387 e. The Labute approximate surface area is 255 Å². The molecule has 4 aromatic heterocycles. The summed E-state index contributed by atoms with van der Waals surface area (Å²) < 4.78 is 57.7. The van der Waals surface area contributed by atoms with E-state index in [0.29, 0.717) is 21.7 Å². The minimum atomic E-state index is -2.96. The number of rotatable bonds is 12. The molecule has 1 unspecified atom stereocenters. The first-order chi connectivity index (χ1) is 21.2. The molecular formula is C26H24F4N8O4S2. The van der Waals surface area contributed by atoms with E-state index >= 15 is 0 Å². The van der Waals surface area contributed by atoms with Gasteiger partial charge in [0.05, 0.1) is 25.2 Å². The highest BCUT2D eigenvalue weighted by atomic mass is 32.1. The van der Waals surface area contributed by atoms with Crippen LogP contribution in [0.15, 0.2) is 36.7 Å². The second-order valence-electron chi connectivity index (χ2n) is 9.63. The zero-order chi connectivity index (χ0) is 31.1. The summed E-state index contributed by atoms with van der Waals surface area (Å²) in [4.78, 5) is 32.8. The number of nitrogens with zero attached hydrogens (tertiary/aromatic N) is 6. The number of aromatic nitrogens is 6. The topological polar surface area (TPSA) is 154 Å². The summed E-state index contributed by atoms with van der Waals surface area (Å²) in [5, 5.41) is 24.4. The normalized spacial score (nSPS) is 16.6. The van der Waals surface area contributed by atoms with Gasteiger partial charge in [-0.05, 0) is 43.5 Å². The maximum absolute atomic E-state index is 12.5. The van der Waals surface area contributed by atoms with Crippen LogP contribution >= 0.6 is 22.7 Å². The van der Waals surface area contributed by atoms with Crippen molar-refractivity contribution in [3.05, 3.63) is 58.1 Å². The first-order valence-corrected chi connectivity index (χ1v) is 14.9. The Morgan fingerprint density at radius 3 is 1.59 bits per heavy atom. The summed E-state index contributed by atoms with van der Waals surface area (Å²) in [7, 11) is 0. The molecule has 1 saturated carbocycles. The number of alkyl halides is 4. The van der Waals surface area contributed by atoms with Gasteiger partial charge >= 0.3 is 13.2 Å². The zero-order valence-corrected chi connectivity index (χ0v) is 24.3. The quantitative estimate of drug-likeness (QED) is 0.196. The van der Waals surface area contributed by atoms with Crippen LogP contribution in [0.1, 0.15) is 58.9 Å². The lowest BCUT2D eigenvalue weighted by atomic mass is 9.82. The number of carbonyl (C=O) groups is 2. The molecule has 12 nitrogen and oxygen atoms in total. The summed E-state index contributed by atoms with van der Waals surface area (Å²) in [6.45, 7) is -5.91. The lowest BCUT2D eigenvalue weighted by Gasteiger charge is -2.25. The van der Waals surface area contributed by atoms with Crippen molar-refractivity contribution in [1.29, 1.82) is 0 Å². The summed E-state index contributed by atoms with van der Waals surface area (Å²) >= 11 is 2.57. The molecule has 18 heteroatoms. The molecule has 5 rings (SSSR count). The van der Waals surface area contributed by atoms with Crippen LogP contribution in [0.3, 0.4) is 0 Å². The van der Waals surface area contributed by atoms with E-state index in [2.05, 4.69) is 50.5 Å². The van der Waals surface area contributed by atoms with Crippen LogP contribution in [0.5, 0.6) is 11.5 Å². The third-order valence-electron chi connectivity index (χ3n) is 6.48. The average molecular weight is 653 g/mol. The number of hydrogen-bond acceptors (Lipinski definition) is 12. The predicted molar refractivity (Wildman–Crippen MR) is 150 cm³/mol. The van der Waals surface area contributed by atoms with Gasteiger partial charge in [0, 0.05) is 23.2 Å². The lowest BCUT2D eigenvalue weighted by molar-refractivity contribution is -0.116. The molecule has 0 saturated heterocycles. The third-order valence-corrected chi connectivity index (χ3v) is 8.48. The lowest BCUT2D eigenvalue weighted by Crippen LogP contribution is -2.15. The second kappa shape index (κ2) is 14.4. The molecule has 4 heterocycles. The van der Waals surface area contributed by atoms with Crippen molar-refractivity contribution in [3.63, 3.8) is 0 Å². The van der Waals surface area contributed by atoms with Gasteiger partial charge in [-0.3, -0.25) is 19.6 Å². The maximum atomic E-state index is 12.5. The largest absolute Gasteiger partial charge is 0.433 e. The minimum Gasteiger partial charge on any atom is -0.433 e. The number of pyridine rings is 2. The molecule has 232 valence electrons. The van der Waals surface area contributed by atoms with Gasteiger partial charge in [0.15, 0.2) is 0 Å². The van der Waals surface area contributed by atoms with Crippen LogP contribution < -0.4 is 20.1 Å². The number of carbonyl (C=O) groups excluding carboxylic acids is 2. The molecule has 2 N–H and O–H groups in total. The Kier molecular flexibility index (Phi) is 10.2. The molecule has 0 radical (unpaired) electrons. The van der Waals surface area contributed by atoms with Gasteiger partial charge in [-0.2, -0.15) is 17.6 Å². The third kappa shape index (κ3) is 8.85. The van der Waals surface area contributed by atoms with Crippen molar-refractivity contribution in [2.45, 2.75) is 63.6 Å². The molecule has 4 aromatic rings. The Morgan fingerprint density at radius 2 is 1.20 bits per heavy atom. The van der Waals surface area contributed by atoms with Crippen LogP contribution in [0.4, 0.5) is 27.8 Å². The van der Waals surface area contributed by atoms with Gasteiger partial charge in [-0.1, -0.05) is 29.1 Å². The number of anilines is 2. The fraction of sp³-hybridized carbons (Fsp3) is 0.385. The van der Waals surface area contributed by atoms with Gasteiger partial charge in [-0.15, -0.1) is 20.4 Å². The van der Waals surface area contributed by atoms with E-state index in [1.54, 1.807) is 0 Å². The van der Waals surface area contributed by atoms with Crippen LogP contribution in [0, 0.1) is 0 Å². The maximum Gasteiger partial charge on any atom is 0.387 e. The molecule has 1 fully saturated rings. The molecule has 1 aliphatic carbocycles. The SMILES string of the molecule is O=C(Cc1ccc(OC(F)F)cn1)Nc1nnc(C2CCC[C@H](c3nnc(NC(=O)Cc4ccc(OC(F)F)cn4)s3)C2)s1. The van der Waals surface area contributed by atoms with E-state index in [9.17, 15) is 27.2 Å². The Morgan fingerprint density at radius 1 is 0.750 bits per heavy atom. The van der Waals surface area contributed by atoms with Crippen molar-refractivity contribution in [2.75, 3.05) is 10.6 Å². The Hall–Kier alpha value is -4.32. The zero-order valence-electron chi connectivity index (χ0n) is 22.7. The van der Waals surface area contributed by atoms with Gasteiger partial charge in [0.25, 0.3) is 0 Å². The number of ether oxygens (including phenoxy) is 2. The van der Waals surface area contributed by atoms with Crippen molar-refractivity contribution in [3.8, 4) is 11.5 Å².